The van der Waals surface area contributed by atoms with Crippen LogP contribution < -0.4 is 10.2 Å². The molecule has 1 aromatic carbocycles. The zero-order valence-corrected chi connectivity index (χ0v) is 12.1. The SMILES string of the molecule is CCC[NH+](CCC)[C@H]1C[NH2+]Cc2ccc(C)cc21. The second kappa shape index (κ2) is 6.35. The van der Waals surface area contributed by atoms with E-state index in [0.29, 0.717) is 6.04 Å². The Balaban J connectivity index is 2.26. The predicted octanol–water partition coefficient (Wildman–Crippen LogP) is 0.818. The maximum Gasteiger partial charge on any atom is 0.163 e. The number of fused-ring (bicyclic) bond motifs is 1. The molecule has 0 radical (unpaired) electrons. The second-order valence-corrected chi connectivity index (χ2v) is 5.64. The number of hydrogen-bond acceptors (Lipinski definition) is 0. The van der Waals surface area contributed by atoms with Crippen LogP contribution >= 0.6 is 0 Å². The Morgan fingerprint density at radius 1 is 1.22 bits per heavy atom. The van der Waals surface area contributed by atoms with Crippen molar-refractivity contribution in [1.29, 1.82) is 0 Å². The first-order valence-electron chi connectivity index (χ1n) is 7.52. The van der Waals surface area contributed by atoms with E-state index < -0.39 is 0 Å². The fourth-order valence-corrected chi connectivity index (χ4v) is 3.26. The molecule has 2 nitrogen and oxygen atoms in total. The van der Waals surface area contributed by atoms with Crippen LogP contribution in [0, 0.1) is 6.92 Å². The molecule has 18 heavy (non-hydrogen) atoms. The molecule has 2 rings (SSSR count). The van der Waals surface area contributed by atoms with Crippen molar-refractivity contribution >= 4 is 0 Å². The fraction of sp³-hybridized carbons (Fsp3) is 0.625. The van der Waals surface area contributed by atoms with Crippen molar-refractivity contribution in [3.63, 3.8) is 0 Å². The molecule has 3 N–H and O–H groups in total. The maximum absolute atomic E-state index is 2.48. The second-order valence-electron chi connectivity index (χ2n) is 5.64. The van der Waals surface area contributed by atoms with Gasteiger partial charge in [0.25, 0.3) is 0 Å². The summed E-state index contributed by atoms with van der Waals surface area (Å²) in [6, 6.07) is 7.73. The predicted molar refractivity (Wildman–Crippen MR) is 75.7 cm³/mol. The molecule has 0 saturated carbocycles. The molecule has 0 amide bonds. The highest BCUT2D eigenvalue weighted by Crippen LogP contribution is 2.19. The third kappa shape index (κ3) is 2.93. The lowest BCUT2D eigenvalue weighted by atomic mass is 9.93. The Bertz CT molecular complexity index is 381. The van der Waals surface area contributed by atoms with Crippen LogP contribution in [0.4, 0.5) is 0 Å². The average Bonchev–Trinajstić information content (AvgIpc) is 2.38. The zero-order chi connectivity index (χ0) is 13.0. The third-order valence-electron chi connectivity index (χ3n) is 4.08. The van der Waals surface area contributed by atoms with Crippen molar-refractivity contribution in [2.75, 3.05) is 19.6 Å². The monoisotopic (exact) mass is 248 g/mol. The van der Waals surface area contributed by atoms with Crippen molar-refractivity contribution in [2.45, 2.75) is 46.2 Å². The van der Waals surface area contributed by atoms with Gasteiger partial charge in [0.2, 0.25) is 0 Å². The summed E-state index contributed by atoms with van der Waals surface area (Å²) >= 11 is 0. The van der Waals surface area contributed by atoms with E-state index in [0.717, 1.165) is 6.54 Å². The minimum atomic E-state index is 0.702. The van der Waals surface area contributed by atoms with E-state index in [-0.39, 0.29) is 0 Å². The van der Waals surface area contributed by atoms with Gasteiger partial charge in [0.15, 0.2) is 6.04 Å². The van der Waals surface area contributed by atoms with Gasteiger partial charge in [0.1, 0.15) is 13.1 Å². The number of nitrogens with two attached hydrogens (primary N) is 1. The normalized spacial score (nSPS) is 19.0. The number of nitrogens with one attached hydrogen (secondary N) is 1. The van der Waals surface area contributed by atoms with Gasteiger partial charge in [-0.25, -0.2) is 0 Å². The molecule has 1 atom stereocenters. The molecule has 2 heteroatoms. The Kier molecular flexibility index (Phi) is 4.79. The standard InChI is InChI=1S/C16H26N2/c1-4-8-18(9-5-2)16-12-17-11-14-7-6-13(3)10-15(14)16/h6-7,10,16-17H,4-5,8-9,11-12H2,1-3H3/p+2/t16-/m0/s1. The lowest BCUT2D eigenvalue weighted by molar-refractivity contribution is -0.948. The van der Waals surface area contributed by atoms with E-state index in [9.17, 15) is 0 Å². The number of hydrogen-bond donors (Lipinski definition) is 2. The smallest absolute Gasteiger partial charge is 0.163 e. The van der Waals surface area contributed by atoms with E-state index in [4.69, 9.17) is 0 Å². The molecule has 0 unspecified atom stereocenters. The third-order valence-corrected chi connectivity index (χ3v) is 4.08. The van der Waals surface area contributed by atoms with Crippen molar-refractivity contribution in [1.82, 2.24) is 0 Å². The van der Waals surface area contributed by atoms with Crippen LogP contribution in [-0.2, 0) is 6.54 Å². The molecule has 1 aliphatic heterocycles. The minimum absolute atomic E-state index is 0.702. The molecule has 0 spiro atoms. The van der Waals surface area contributed by atoms with Gasteiger partial charge < -0.3 is 10.2 Å². The highest BCUT2D eigenvalue weighted by atomic mass is 15.2. The van der Waals surface area contributed by atoms with Crippen molar-refractivity contribution in [3.8, 4) is 0 Å². The highest BCUT2D eigenvalue weighted by Gasteiger charge is 2.30. The Labute approximate surface area is 111 Å². The van der Waals surface area contributed by atoms with Gasteiger partial charge in [-0.05, 0) is 25.8 Å². The molecule has 0 fully saturated rings. The van der Waals surface area contributed by atoms with Crippen LogP contribution in [0.1, 0.15) is 49.4 Å². The van der Waals surface area contributed by atoms with E-state index in [1.165, 1.54) is 38.0 Å². The van der Waals surface area contributed by atoms with Crippen LogP contribution in [0.15, 0.2) is 18.2 Å². The number of benzene rings is 1. The van der Waals surface area contributed by atoms with E-state index >= 15 is 0 Å². The molecular weight excluding hydrogens is 220 g/mol. The van der Waals surface area contributed by atoms with Gasteiger partial charge in [-0.3, -0.25) is 0 Å². The van der Waals surface area contributed by atoms with Gasteiger partial charge >= 0.3 is 0 Å². The summed E-state index contributed by atoms with van der Waals surface area (Å²) in [5.74, 6) is 0. The number of aryl methyl sites for hydroxylation is 1. The molecule has 100 valence electrons. The summed E-state index contributed by atoms with van der Waals surface area (Å²) in [5.41, 5.74) is 4.59. The summed E-state index contributed by atoms with van der Waals surface area (Å²) in [5, 5.41) is 2.48. The molecule has 1 heterocycles. The van der Waals surface area contributed by atoms with Crippen molar-refractivity contribution in [3.05, 3.63) is 34.9 Å². The summed E-state index contributed by atoms with van der Waals surface area (Å²) in [6.07, 6.45) is 2.57. The summed E-state index contributed by atoms with van der Waals surface area (Å²) in [6.45, 7) is 11.9. The van der Waals surface area contributed by atoms with Gasteiger partial charge in [-0.2, -0.15) is 0 Å². The first-order valence-corrected chi connectivity index (χ1v) is 7.52. The minimum Gasteiger partial charge on any atom is -0.337 e. The lowest BCUT2D eigenvalue weighted by Crippen LogP contribution is -3.15. The van der Waals surface area contributed by atoms with E-state index in [1.54, 1.807) is 16.0 Å². The quantitative estimate of drug-likeness (QED) is 0.770. The van der Waals surface area contributed by atoms with Crippen LogP contribution in [0.2, 0.25) is 0 Å². The average molecular weight is 248 g/mol. The molecule has 1 aliphatic rings. The first-order chi connectivity index (χ1) is 8.76. The van der Waals surface area contributed by atoms with Crippen LogP contribution in [0.5, 0.6) is 0 Å². The molecular formula is C16H28N2+2. The summed E-state index contributed by atoms with van der Waals surface area (Å²) < 4.78 is 0. The summed E-state index contributed by atoms with van der Waals surface area (Å²) in [4.78, 5) is 1.78. The largest absolute Gasteiger partial charge is 0.337 e. The van der Waals surface area contributed by atoms with Crippen LogP contribution in [-0.4, -0.2) is 19.6 Å². The Morgan fingerprint density at radius 3 is 2.61 bits per heavy atom. The molecule has 0 aliphatic carbocycles. The number of quaternary nitrogens is 2. The topological polar surface area (TPSA) is 21.1 Å². The zero-order valence-electron chi connectivity index (χ0n) is 12.1. The molecule has 0 saturated heterocycles. The fourth-order valence-electron chi connectivity index (χ4n) is 3.26. The number of rotatable bonds is 5. The molecule has 1 aromatic rings. The summed E-state index contributed by atoms with van der Waals surface area (Å²) in [7, 11) is 0. The van der Waals surface area contributed by atoms with Gasteiger partial charge in [-0.1, -0.05) is 31.5 Å². The van der Waals surface area contributed by atoms with Gasteiger partial charge in [0, 0.05) is 11.1 Å². The highest BCUT2D eigenvalue weighted by molar-refractivity contribution is 5.33. The molecule has 0 aromatic heterocycles. The van der Waals surface area contributed by atoms with Crippen LogP contribution in [0.25, 0.3) is 0 Å². The Hall–Kier alpha value is -0.860. The van der Waals surface area contributed by atoms with Crippen molar-refractivity contribution < 1.29 is 10.2 Å². The lowest BCUT2D eigenvalue weighted by Gasteiger charge is -2.31. The van der Waals surface area contributed by atoms with Gasteiger partial charge in [-0.15, -0.1) is 0 Å². The Morgan fingerprint density at radius 2 is 1.94 bits per heavy atom. The van der Waals surface area contributed by atoms with E-state index in [2.05, 4.69) is 44.3 Å². The van der Waals surface area contributed by atoms with Gasteiger partial charge in [0.05, 0.1) is 13.1 Å². The van der Waals surface area contributed by atoms with Crippen molar-refractivity contribution in [2.24, 2.45) is 0 Å². The molecule has 0 bridgehead atoms. The van der Waals surface area contributed by atoms with Crippen LogP contribution in [0.3, 0.4) is 0 Å². The first kappa shape index (κ1) is 13.6. The van der Waals surface area contributed by atoms with E-state index in [1.807, 2.05) is 0 Å². The maximum atomic E-state index is 2.48.